The van der Waals surface area contributed by atoms with E-state index in [4.69, 9.17) is 17.3 Å². The number of nitrogens with one attached hydrogen (secondary N) is 1. The summed E-state index contributed by atoms with van der Waals surface area (Å²) in [6.07, 6.45) is 0. The summed E-state index contributed by atoms with van der Waals surface area (Å²) < 4.78 is 0. The molecule has 0 saturated heterocycles. The summed E-state index contributed by atoms with van der Waals surface area (Å²) in [6.45, 7) is 0. The highest BCUT2D eigenvalue weighted by molar-refractivity contribution is 6.33. The van der Waals surface area contributed by atoms with Crippen molar-refractivity contribution in [2.24, 2.45) is 5.73 Å². The largest absolute Gasteiger partial charge is 0.364 e. The molecule has 5 nitrogen and oxygen atoms in total. The number of H-pyrrole nitrogens is 1. The van der Waals surface area contributed by atoms with E-state index in [2.05, 4.69) is 15.4 Å². The maximum atomic E-state index is 11.3. The fourth-order valence-corrected chi connectivity index (χ4v) is 2.38. The quantitative estimate of drug-likeness (QED) is 0.779. The molecule has 3 N–H and O–H groups in total. The number of carbonyl (C=O) groups is 1. The first-order valence-corrected chi connectivity index (χ1v) is 6.60. The van der Waals surface area contributed by atoms with Crippen LogP contribution in [0.3, 0.4) is 0 Å². The van der Waals surface area contributed by atoms with Crippen molar-refractivity contribution in [1.29, 1.82) is 0 Å². The van der Waals surface area contributed by atoms with Gasteiger partial charge >= 0.3 is 0 Å². The van der Waals surface area contributed by atoms with Crippen LogP contribution in [0, 0.1) is 0 Å². The lowest BCUT2D eigenvalue weighted by atomic mass is 10.0. The zero-order valence-corrected chi connectivity index (χ0v) is 11.6. The van der Waals surface area contributed by atoms with Gasteiger partial charge in [0.15, 0.2) is 5.69 Å². The maximum absolute atomic E-state index is 11.3. The van der Waals surface area contributed by atoms with Crippen LogP contribution in [0.2, 0.25) is 5.02 Å². The number of halogens is 1. The van der Waals surface area contributed by atoms with Gasteiger partial charge in [-0.1, -0.05) is 54.1 Å². The van der Waals surface area contributed by atoms with Gasteiger partial charge in [-0.2, -0.15) is 15.4 Å². The molecule has 0 saturated carbocycles. The molecular formula is C15H11ClN4O. The summed E-state index contributed by atoms with van der Waals surface area (Å²) in [4.78, 5) is 11.3. The second kappa shape index (κ2) is 5.38. The number of rotatable bonds is 3. The van der Waals surface area contributed by atoms with E-state index in [1.165, 1.54) is 0 Å². The number of benzene rings is 2. The second-order valence-corrected chi connectivity index (χ2v) is 4.85. The Bertz CT molecular complexity index is 798. The van der Waals surface area contributed by atoms with E-state index in [9.17, 15) is 4.79 Å². The van der Waals surface area contributed by atoms with Gasteiger partial charge in [-0.3, -0.25) is 4.79 Å². The summed E-state index contributed by atoms with van der Waals surface area (Å²) >= 11 is 6.31. The highest BCUT2D eigenvalue weighted by Gasteiger charge is 2.17. The molecule has 1 heterocycles. The van der Waals surface area contributed by atoms with Crippen LogP contribution in [0.4, 0.5) is 0 Å². The monoisotopic (exact) mass is 298 g/mol. The zero-order valence-electron chi connectivity index (χ0n) is 10.9. The topological polar surface area (TPSA) is 84.7 Å². The van der Waals surface area contributed by atoms with Crippen LogP contribution in [0.15, 0.2) is 48.5 Å². The Morgan fingerprint density at radius 2 is 1.81 bits per heavy atom. The van der Waals surface area contributed by atoms with Crippen molar-refractivity contribution in [3.63, 3.8) is 0 Å². The lowest BCUT2D eigenvalue weighted by Gasteiger charge is -2.06. The van der Waals surface area contributed by atoms with Gasteiger partial charge in [0, 0.05) is 5.56 Å². The van der Waals surface area contributed by atoms with Crippen molar-refractivity contribution in [2.45, 2.75) is 0 Å². The molecule has 21 heavy (non-hydrogen) atoms. The Labute approximate surface area is 125 Å². The highest BCUT2D eigenvalue weighted by atomic mass is 35.5. The number of primary amides is 1. The molecule has 0 radical (unpaired) electrons. The molecule has 1 amide bonds. The number of nitrogens with zero attached hydrogens (tertiary/aromatic N) is 2. The molecule has 104 valence electrons. The number of aromatic amines is 1. The number of hydrogen-bond donors (Lipinski definition) is 2. The molecule has 0 atom stereocenters. The van der Waals surface area contributed by atoms with E-state index in [0.29, 0.717) is 16.3 Å². The summed E-state index contributed by atoms with van der Waals surface area (Å²) in [6, 6.07) is 15.4. The van der Waals surface area contributed by atoms with Crippen LogP contribution in [0.5, 0.6) is 0 Å². The minimum atomic E-state index is -0.651. The van der Waals surface area contributed by atoms with Crippen molar-refractivity contribution >= 4 is 17.5 Å². The van der Waals surface area contributed by atoms with Crippen molar-refractivity contribution < 1.29 is 4.79 Å². The zero-order chi connectivity index (χ0) is 14.8. The number of hydrogen-bond acceptors (Lipinski definition) is 3. The van der Waals surface area contributed by atoms with Crippen LogP contribution in [-0.4, -0.2) is 21.3 Å². The van der Waals surface area contributed by atoms with Crippen LogP contribution < -0.4 is 5.73 Å². The van der Waals surface area contributed by atoms with Crippen LogP contribution >= 0.6 is 11.6 Å². The standard InChI is InChI=1S/C15H11ClN4O/c16-12-8-10(9-4-2-1-3-5-9)6-7-11(12)13-14(15(17)21)19-20-18-13/h1-8H,(H2,17,21)(H,18,19,20). The van der Waals surface area contributed by atoms with Crippen molar-refractivity contribution in [3.05, 3.63) is 59.2 Å². The summed E-state index contributed by atoms with van der Waals surface area (Å²) in [5.41, 5.74) is 8.34. The Balaban J connectivity index is 2.07. The lowest BCUT2D eigenvalue weighted by molar-refractivity contribution is 0.0996. The van der Waals surface area contributed by atoms with E-state index in [1.807, 2.05) is 42.5 Å². The predicted molar refractivity (Wildman–Crippen MR) is 80.8 cm³/mol. The molecule has 0 fully saturated rings. The molecule has 0 spiro atoms. The molecule has 3 aromatic rings. The number of carbonyl (C=O) groups excluding carboxylic acids is 1. The fourth-order valence-electron chi connectivity index (χ4n) is 2.11. The van der Waals surface area contributed by atoms with Gasteiger partial charge in [-0.05, 0) is 17.2 Å². The van der Waals surface area contributed by atoms with Crippen molar-refractivity contribution in [3.8, 4) is 22.4 Å². The lowest BCUT2D eigenvalue weighted by Crippen LogP contribution is -2.12. The smallest absolute Gasteiger partial charge is 0.271 e. The number of nitrogens with two attached hydrogens (primary N) is 1. The van der Waals surface area contributed by atoms with E-state index < -0.39 is 5.91 Å². The molecule has 2 aromatic carbocycles. The number of aromatic nitrogens is 3. The van der Waals surface area contributed by atoms with E-state index in [0.717, 1.165) is 11.1 Å². The molecule has 1 aromatic heterocycles. The van der Waals surface area contributed by atoms with Gasteiger partial charge < -0.3 is 5.73 Å². The van der Waals surface area contributed by atoms with Gasteiger partial charge in [-0.15, -0.1) is 0 Å². The minimum absolute atomic E-state index is 0.0735. The Morgan fingerprint density at radius 1 is 1.05 bits per heavy atom. The van der Waals surface area contributed by atoms with E-state index in [1.54, 1.807) is 6.07 Å². The van der Waals surface area contributed by atoms with Crippen molar-refractivity contribution in [1.82, 2.24) is 15.4 Å². The maximum Gasteiger partial charge on any atom is 0.271 e. The van der Waals surface area contributed by atoms with Crippen LogP contribution in [-0.2, 0) is 0 Å². The minimum Gasteiger partial charge on any atom is -0.364 e. The van der Waals surface area contributed by atoms with Gasteiger partial charge in [0.05, 0.1) is 5.02 Å². The third kappa shape index (κ3) is 2.51. The predicted octanol–water partition coefficient (Wildman–Crippen LogP) is 2.89. The highest BCUT2D eigenvalue weighted by Crippen LogP contribution is 2.32. The first-order valence-electron chi connectivity index (χ1n) is 6.22. The summed E-state index contributed by atoms with van der Waals surface area (Å²) in [5.74, 6) is -0.651. The van der Waals surface area contributed by atoms with Gasteiger partial charge in [-0.25, -0.2) is 0 Å². The first-order chi connectivity index (χ1) is 10.2. The summed E-state index contributed by atoms with van der Waals surface area (Å²) in [5, 5.41) is 10.6. The fraction of sp³-hybridized carbons (Fsp3) is 0. The second-order valence-electron chi connectivity index (χ2n) is 4.45. The van der Waals surface area contributed by atoms with Crippen molar-refractivity contribution in [2.75, 3.05) is 0 Å². The van der Waals surface area contributed by atoms with Gasteiger partial charge in [0.2, 0.25) is 0 Å². The molecule has 6 heteroatoms. The Morgan fingerprint density at radius 3 is 2.48 bits per heavy atom. The molecule has 0 aliphatic carbocycles. The van der Waals surface area contributed by atoms with E-state index >= 15 is 0 Å². The average molecular weight is 299 g/mol. The molecule has 0 aliphatic rings. The average Bonchev–Trinajstić information content (AvgIpc) is 2.97. The molecule has 3 rings (SSSR count). The Kier molecular flexibility index (Phi) is 3.41. The van der Waals surface area contributed by atoms with E-state index in [-0.39, 0.29) is 5.69 Å². The molecule has 0 unspecified atom stereocenters. The molecule has 0 bridgehead atoms. The van der Waals surface area contributed by atoms with Crippen LogP contribution in [0.25, 0.3) is 22.4 Å². The third-order valence-electron chi connectivity index (χ3n) is 3.11. The van der Waals surface area contributed by atoms with Gasteiger partial charge in [0.25, 0.3) is 5.91 Å². The Hall–Kier alpha value is -2.66. The third-order valence-corrected chi connectivity index (χ3v) is 3.43. The summed E-state index contributed by atoms with van der Waals surface area (Å²) in [7, 11) is 0. The van der Waals surface area contributed by atoms with Crippen LogP contribution in [0.1, 0.15) is 10.5 Å². The molecule has 0 aliphatic heterocycles. The SMILES string of the molecule is NC(=O)c1n[nH]nc1-c1ccc(-c2ccccc2)cc1Cl. The molecular weight excluding hydrogens is 288 g/mol. The van der Waals surface area contributed by atoms with Gasteiger partial charge in [0.1, 0.15) is 5.69 Å². The first kappa shape index (κ1) is 13.3. The number of amides is 1. The normalized spacial score (nSPS) is 10.5.